The zero-order valence-corrected chi connectivity index (χ0v) is 12.6. The molecule has 2 aromatic rings. The summed E-state index contributed by atoms with van der Waals surface area (Å²) >= 11 is 0. The van der Waals surface area contributed by atoms with Gasteiger partial charge in [0, 0.05) is 25.6 Å². The van der Waals surface area contributed by atoms with E-state index in [1.807, 2.05) is 6.07 Å². The van der Waals surface area contributed by atoms with Crippen molar-refractivity contribution < 1.29 is 13.2 Å². The second-order valence-electron chi connectivity index (χ2n) is 4.68. The fourth-order valence-electron chi connectivity index (χ4n) is 1.92. The standard InChI is InChI=1S/C16H17NO3S/c1-17(21(19,20)15-10-6-3-7-11-15)13-12-16(18)14-8-4-2-5-9-14/h2-11H,12-13H2,1H3. The van der Waals surface area contributed by atoms with Crippen LogP contribution in [0.4, 0.5) is 0 Å². The number of ketones is 1. The molecule has 0 fully saturated rings. The zero-order chi connectivity index (χ0) is 15.3. The molecule has 21 heavy (non-hydrogen) atoms. The van der Waals surface area contributed by atoms with Gasteiger partial charge in [-0.25, -0.2) is 12.7 Å². The topological polar surface area (TPSA) is 54.5 Å². The molecule has 0 saturated heterocycles. The summed E-state index contributed by atoms with van der Waals surface area (Å²) < 4.78 is 25.8. The molecular formula is C16H17NO3S. The molecular weight excluding hydrogens is 286 g/mol. The summed E-state index contributed by atoms with van der Waals surface area (Å²) in [6.45, 7) is 0.158. The third-order valence-corrected chi connectivity index (χ3v) is 5.07. The van der Waals surface area contributed by atoms with Gasteiger partial charge in [0.15, 0.2) is 5.78 Å². The number of hydrogen-bond donors (Lipinski definition) is 0. The van der Waals surface area contributed by atoms with Crippen molar-refractivity contribution in [3.05, 3.63) is 66.2 Å². The fourth-order valence-corrected chi connectivity index (χ4v) is 3.11. The van der Waals surface area contributed by atoms with E-state index in [1.165, 1.54) is 11.4 Å². The Bertz CT molecular complexity index is 697. The molecule has 0 N–H and O–H groups in total. The molecule has 4 nitrogen and oxygen atoms in total. The maximum atomic E-state index is 12.3. The Morgan fingerprint density at radius 2 is 1.48 bits per heavy atom. The summed E-state index contributed by atoms with van der Waals surface area (Å²) in [5, 5.41) is 0. The van der Waals surface area contributed by atoms with Crippen LogP contribution in [0.5, 0.6) is 0 Å². The molecule has 110 valence electrons. The smallest absolute Gasteiger partial charge is 0.242 e. The number of hydrogen-bond acceptors (Lipinski definition) is 3. The molecule has 0 radical (unpaired) electrons. The van der Waals surface area contributed by atoms with Gasteiger partial charge in [-0.1, -0.05) is 48.5 Å². The van der Waals surface area contributed by atoms with Crippen LogP contribution in [0.2, 0.25) is 0 Å². The number of rotatable bonds is 6. The predicted molar refractivity (Wildman–Crippen MR) is 81.6 cm³/mol. The Kier molecular flexibility index (Phi) is 4.88. The molecule has 0 amide bonds. The normalized spacial score (nSPS) is 11.5. The molecule has 5 heteroatoms. The van der Waals surface area contributed by atoms with Gasteiger partial charge in [-0.2, -0.15) is 0 Å². The summed E-state index contributed by atoms with van der Waals surface area (Å²) in [5.74, 6) is -0.0642. The Balaban J connectivity index is 2.02. The third kappa shape index (κ3) is 3.77. The molecule has 0 aliphatic carbocycles. The number of Topliss-reactive ketones (excluding diaryl/α,β-unsaturated/α-hetero) is 1. The average molecular weight is 303 g/mol. The Morgan fingerprint density at radius 1 is 0.952 bits per heavy atom. The van der Waals surface area contributed by atoms with E-state index in [4.69, 9.17) is 0 Å². The summed E-state index contributed by atoms with van der Waals surface area (Å²) in [4.78, 5) is 12.2. The summed E-state index contributed by atoms with van der Waals surface area (Å²) in [7, 11) is -2.05. The molecule has 0 atom stereocenters. The first-order chi connectivity index (χ1) is 10.0. The maximum absolute atomic E-state index is 12.3. The van der Waals surface area contributed by atoms with Crippen molar-refractivity contribution in [1.29, 1.82) is 0 Å². The van der Waals surface area contributed by atoms with Gasteiger partial charge in [0.05, 0.1) is 4.90 Å². The van der Waals surface area contributed by atoms with Crippen molar-refractivity contribution in [2.75, 3.05) is 13.6 Å². The molecule has 0 saturated carbocycles. The molecule has 0 aliphatic heterocycles. The van der Waals surface area contributed by atoms with Gasteiger partial charge in [0.2, 0.25) is 10.0 Å². The number of nitrogens with zero attached hydrogens (tertiary/aromatic N) is 1. The van der Waals surface area contributed by atoms with E-state index in [2.05, 4.69) is 0 Å². The number of carbonyl (C=O) groups is 1. The lowest BCUT2D eigenvalue weighted by Gasteiger charge is -2.16. The highest BCUT2D eigenvalue weighted by atomic mass is 32.2. The highest BCUT2D eigenvalue weighted by Gasteiger charge is 2.20. The highest BCUT2D eigenvalue weighted by Crippen LogP contribution is 2.14. The highest BCUT2D eigenvalue weighted by molar-refractivity contribution is 7.89. The van der Waals surface area contributed by atoms with Gasteiger partial charge in [-0.05, 0) is 12.1 Å². The Labute approximate surface area is 125 Å². The number of sulfonamides is 1. The van der Waals surface area contributed by atoms with Crippen molar-refractivity contribution >= 4 is 15.8 Å². The lowest BCUT2D eigenvalue weighted by Crippen LogP contribution is -2.29. The van der Waals surface area contributed by atoms with Crippen LogP contribution in [0.15, 0.2) is 65.6 Å². The molecule has 0 unspecified atom stereocenters. The summed E-state index contributed by atoms with van der Waals surface area (Å²) in [6.07, 6.45) is 0.159. The van der Waals surface area contributed by atoms with Crippen LogP contribution in [-0.4, -0.2) is 32.1 Å². The lowest BCUT2D eigenvalue weighted by atomic mass is 10.1. The van der Waals surface area contributed by atoms with Gasteiger partial charge in [0.1, 0.15) is 0 Å². The van der Waals surface area contributed by atoms with Crippen molar-refractivity contribution in [2.45, 2.75) is 11.3 Å². The minimum absolute atomic E-state index is 0.0642. The Morgan fingerprint density at radius 3 is 2.05 bits per heavy atom. The lowest BCUT2D eigenvalue weighted by molar-refractivity contribution is 0.0978. The molecule has 0 spiro atoms. The van der Waals surface area contributed by atoms with Crippen LogP contribution in [0.25, 0.3) is 0 Å². The van der Waals surface area contributed by atoms with Gasteiger partial charge < -0.3 is 0 Å². The van der Waals surface area contributed by atoms with Crippen molar-refractivity contribution in [3.63, 3.8) is 0 Å². The molecule has 2 aromatic carbocycles. The number of carbonyl (C=O) groups excluding carboxylic acids is 1. The SMILES string of the molecule is CN(CCC(=O)c1ccccc1)S(=O)(=O)c1ccccc1. The predicted octanol–water partition coefficient (Wildman–Crippen LogP) is 2.58. The van der Waals surface area contributed by atoms with Crippen LogP contribution < -0.4 is 0 Å². The minimum Gasteiger partial charge on any atom is -0.294 e. The van der Waals surface area contributed by atoms with Gasteiger partial charge >= 0.3 is 0 Å². The van der Waals surface area contributed by atoms with E-state index in [0.717, 1.165) is 0 Å². The molecule has 0 bridgehead atoms. The first kappa shape index (κ1) is 15.4. The van der Waals surface area contributed by atoms with Crippen LogP contribution in [0.3, 0.4) is 0 Å². The van der Waals surface area contributed by atoms with Gasteiger partial charge in [-0.15, -0.1) is 0 Å². The van der Waals surface area contributed by atoms with Crippen molar-refractivity contribution in [1.82, 2.24) is 4.31 Å². The third-order valence-electron chi connectivity index (χ3n) is 3.20. The monoisotopic (exact) mass is 303 g/mol. The second-order valence-corrected chi connectivity index (χ2v) is 6.72. The average Bonchev–Trinajstić information content (AvgIpc) is 2.53. The minimum atomic E-state index is -3.54. The largest absolute Gasteiger partial charge is 0.294 e. The van der Waals surface area contributed by atoms with E-state index < -0.39 is 10.0 Å². The zero-order valence-electron chi connectivity index (χ0n) is 11.8. The molecule has 2 rings (SSSR count). The van der Waals surface area contributed by atoms with Crippen LogP contribution in [0.1, 0.15) is 16.8 Å². The van der Waals surface area contributed by atoms with Gasteiger partial charge in [-0.3, -0.25) is 4.79 Å². The van der Waals surface area contributed by atoms with Crippen molar-refractivity contribution in [2.24, 2.45) is 0 Å². The quantitative estimate of drug-likeness (QED) is 0.771. The second kappa shape index (κ2) is 6.65. The number of benzene rings is 2. The molecule has 0 aromatic heterocycles. The van der Waals surface area contributed by atoms with E-state index in [1.54, 1.807) is 54.6 Å². The van der Waals surface area contributed by atoms with Crippen LogP contribution in [0, 0.1) is 0 Å². The fraction of sp³-hybridized carbons (Fsp3) is 0.188. The first-order valence-corrected chi connectivity index (χ1v) is 8.05. The van der Waals surface area contributed by atoms with E-state index >= 15 is 0 Å². The van der Waals surface area contributed by atoms with E-state index in [9.17, 15) is 13.2 Å². The molecule has 0 heterocycles. The Hall–Kier alpha value is -1.98. The summed E-state index contributed by atoms with van der Waals surface area (Å²) in [5.41, 5.74) is 0.600. The van der Waals surface area contributed by atoms with E-state index in [-0.39, 0.29) is 23.6 Å². The summed E-state index contributed by atoms with van der Waals surface area (Å²) in [6, 6.07) is 17.1. The van der Waals surface area contributed by atoms with Crippen LogP contribution in [-0.2, 0) is 10.0 Å². The maximum Gasteiger partial charge on any atom is 0.242 e. The first-order valence-electron chi connectivity index (χ1n) is 6.61. The van der Waals surface area contributed by atoms with Crippen LogP contribution >= 0.6 is 0 Å². The van der Waals surface area contributed by atoms with Gasteiger partial charge in [0.25, 0.3) is 0 Å². The van der Waals surface area contributed by atoms with Crippen molar-refractivity contribution in [3.8, 4) is 0 Å². The molecule has 0 aliphatic rings. The van der Waals surface area contributed by atoms with E-state index in [0.29, 0.717) is 5.56 Å².